The number of nitriles is 1. The number of nitrogens with one attached hydrogen (secondary N) is 1. The molecule has 1 aliphatic heterocycles. The van der Waals surface area contributed by atoms with E-state index < -0.39 is 0 Å². The van der Waals surface area contributed by atoms with Crippen LogP contribution in [0, 0.1) is 11.2 Å². The molecule has 1 atom stereocenters. The van der Waals surface area contributed by atoms with Gasteiger partial charge in [0.1, 0.15) is 0 Å². The minimum atomic E-state index is 0.228. The van der Waals surface area contributed by atoms with Crippen molar-refractivity contribution >= 4 is 42.7 Å². The number of hydrogen-bond acceptors (Lipinski definition) is 4. The van der Waals surface area contributed by atoms with E-state index in [0.717, 1.165) is 19.2 Å². The summed E-state index contributed by atoms with van der Waals surface area (Å²) in [6.45, 7) is 2.35. The van der Waals surface area contributed by atoms with Gasteiger partial charge in [-0.15, -0.1) is 0 Å². The fourth-order valence-corrected chi connectivity index (χ4v) is 2.06. The molecule has 0 aromatic rings. The number of rotatable bonds is 2. The predicted octanol–water partition coefficient (Wildman–Crippen LogP) is 2.67. The Bertz CT molecular complexity index is 240. The lowest BCUT2D eigenvalue weighted by Crippen LogP contribution is -2.26. The summed E-state index contributed by atoms with van der Waals surface area (Å²) >= 11 is 2.15. The highest BCUT2D eigenvalue weighted by atomic mass is 127. The van der Waals surface area contributed by atoms with Crippen LogP contribution in [0.25, 0.3) is 0 Å². The third-order valence-electron chi connectivity index (χ3n) is 2.39. The van der Waals surface area contributed by atoms with Crippen molar-refractivity contribution < 1.29 is 0 Å². The van der Waals surface area contributed by atoms with Crippen LogP contribution in [-0.4, -0.2) is 12.4 Å². The molecule has 0 saturated carbocycles. The Morgan fingerprint density at radius 1 is 1.85 bits per heavy atom. The summed E-state index contributed by atoms with van der Waals surface area (Å²) < 4.78 is 0. The van der Waals surface area contributed by atoms with Gasteiger partial charge in [-0.05, 0) is 18.7 Å². The molecular weight excluding hydrogens is 296 g/mol. The maximum Gasteiger partial charge on any atom is 0.271 e. The van der Waals surface area contributed by atoms with Crippen molar-refractivity contribution in [2.45, 2.75) is 31.9 Å². The molecule has 6 heteroatoms. The van der Waals surface area contributed by atoms with Crippen molar-refractivity contribution in [3.63, 3.8) is 0 Å². The van der Waals surface area contributed by atoms with Crippen molar-refractivity contribution in [1.82, 2.24) is 4.83 Å². The quantitative estimate of drug-likeness (QED) is 0.369. The summed E-state index contributed by atoms with van der Waals surface area (Å²) in [7, 11) is 1.47. The topological polar surface area (TPSA) is 48.2 Å². The van der Waals surface area contributed by atoms with Gasteiger partial charge in [-0.3, -0.25) is 0 Å². The van der Waals surface area contributed by atoms with Crippen LogP contribution in [-0.2, 0) is 0 Å². The van der Waals surface area contributed by atoms with Crippen LogP contribution in [0.2, 0.25) is 12.1 Å². The molecule has 1 heterocycles. The summed E-state index contributed by atoms with van der Waals surface area (Å²) in [4.78, 5) is 2.88. The first kappa shape index (κ1) is 11.2. The third-order valence-corrected chi connectivity index (χ3v) is 3.14. The van der Waals surface area contributed by atoms with Crippen LogP contribution >= 0.6 is 30.3 Å². The molecule has 1 saturated heterocycles. The lowest BCUT2D eigenvalue weighted by molar-refractivity contribution is 0.876. The van der Waals surface area contributed by atoms with Crippen LogP contribution in [0.5, 0.6) is 0 Å². The second-order valence-electron chi connectivity index (χ2n) is 3.30. The number of hydrogen-bond donors (Lipinski definition) is 1. The second-order valence-corrected chi connectivity index (χ2v) is 4.96. The third kappa shape index (κ3) is 3.39. The molecule has 1 N–H and O–H groups in total. The van der Waals surface area contributed by atoms with E-state index in [1.165, 1.54) is 14.8 Å². The highest BCUT2D eigenvalue weighted by molar-refractivity contribution is 14.2. The molecule has 0 radical (unpaired) electrons. The molecule has 0 aliphatic carbocycles. The van der Waals surface area contributed by atoms with E-state index in [1.54, 1.807) is 0 Å². The molecular formula is C7H11BIN3S. The zero-order chi connectivity index (χ0) is 9.68. The molecule has 0 aromatic heterocycles. The van der Waals surface area contributed by atoms with Gasteiger partial charge in [-0.2, -0.15) is 5.10 Å². The summed E-state index contributed by atoms with van der Waals surface area (Å²) in [6.07, 6.45) is 2.89. The number of hydrazone groups is 1. The van der Waals surface area contributed by atoms with Crippen LogP contribution < -0.4 is 4.83 Å². The summed E-state index contributed by atoms with van der Waals surface area (Å²) in [5.74, 6) is 2.81. The van der Waals surface area contributed by atoms with Crippen LogP contribution in [0.15, 0.2) is 5.10 Å². The van der Waals surface area contributed by atoms with Gasteiger partial charge in [0.2, 0.25) is 0 Å². The van der Waals surface area contributed by atoms with Gasteiger partial charge in [0, 0.05) is 42.0 Å². The summed E-state index contributed by atoms with van der Waals surface area (Å²) in [6, 6.07) is 0. The predicted molar refractivity (Wildman–Crippen MR) is 67.0 cm³/mol. The van der Waals surface area contributed by atoms with Crippen molar-refractivity contribution in [1.29, 1.82) is 5.26 Å². The molecule has 1 rings (SSSR count). The first-order valence-electron chi connectivity index (χ1n) is 4.25. The smallest absolute Gasteiger partial charge is 0.242 e. The Balaban J connectivity index is 2.46. The summed E-state index contributed by atoms with van der Waals surface area (Å²) in [5.41, 5.74) is 1.20. The van der Waals surface area contributed by atoms with E-state index in [1.807, 2.05) is 0 Å². The zero-order valence-electron chi connectivity index (χ0n) is 7.46. The van der Waals surface area contributed by atoms with E-state index in [4.69, 9.17) is 5.26 Å². The minimum Gasteiger partial charge on any atom is -0.242 e. The molecule has 0 spiro atoms. The van der Waals surface area contributed by atoms with Crippen molar-refractivity contribution in [3.8, 4) is 5.97 Å². The molecule has 0 bridgehead atoms. The Hall–Kier alpha value is 0.105. The Labute approximate surface area is 95.5 Å². The molecule has 0 aromatic carbocycles. The van der Waals surface area contributed by atoms with Gasteiger partial charge in [-0.1, -0.05) is 13.2 Å². The van der Waals surface area contributed by atoms with E-state index >= 15 is 0 Å². The average Bonchev–Trinajstić information content (AvgIpc) is 2.15. The fraction of sp³-hybridized carbons (Fsp3) is 0.714. The molecule has 0 amide bonds. The van der Waals surface area contributed by atoms with Gasteiger partial charge in [-0.25, -0.2) is 10.1 Å². The normalized spacial score (nSPS) is 25.8. The lowest BCUT2D eigenvalue weighted by Gasteiger charge is -2.21. The van der Waals surface area contributed by atoms with Crippen molar-refractivity contribution in [2.75, 3.05) is 0 Å². The Morgan fingerprint density at radius 2 is 2.62 bits per heavy atom. The largest absolute Gasteiger partial charge is 0.271 e. The first-order valence-corrected chi connectivity index (χ1v) is 7.61. The van der Waals surface area contributed by atoms with Crippen molar-refractivity contribution in [2.24, 2.45) is 5.10 Å². The van der Waals surface area contributed by atoms with Gasteiger partial charge in [0.05, 0.1) is 0 Å². The van der Waals surface area contributed by atoms with E-state index in [0.29, 0.717) is 5.82 Å². The van der Waals surface area contributed by atoms with Gasteiger partial charge >= 0.3 is 0 Å². The maximum absolute atomic E-state index is 8.81. The minimum absolute atomic E-state index is 0.228. The van der Waals surface area contributed by atoms with Crippen LogP contribution in [0.3, 0.4) is 0 Å². The molecule has 3 nitrogen and oxygen atoms in total. The van der Waals surface area contributed by atoms with E-state index in [2.05, 4.69) is 44.0 Å². The first-order chi connectivity index (χ1) is 6.27. The highest BCUT2D eigenvalue weighted by Gasteiger charge is 2.28. The van der Waals surface area contributed by atoms with Gasteiger partial charge in [0.25, 0.3) is 6.71 Å². The number of halogens is 1. The van der Waals surface area contributed by atoms with Crippen LogP contribution in [0.4, 0.5) is 0 Å². The van der Waals surface area contributed by atoms with Crippen molar-refractivity contribution in [3.05, 3.63) is 0 Å². The number of nitrogens with zero attached hydrogens (tertiary/aromatic N) is 2. The van der Waals surface area contributed by atoms with Gasteiger partial charge < -0.3 is 0 Å². The van der Waals surface area contributed by atoms with E-state index in [9.17, 15) is 0 Å². The average molecular weight is 307 g/mol. The summed E-state index contributed by atoms with van der Waals surface area (Å²) in [5, 5.41) is 13.0. The monoisotopic (exact) mass is 307 g/mol. The molecule has 1 unspecified atom stereocenters. The van der Waals surface area contributed by atoms with E-state index in [-0.39, 0.29) is 6.71 Å². The highest BCUT2D eigenvalue weighted by Crippen LogP contribution is 2.26. The molecule has 13 heavy (non-hydrogen) atoms. The molecule has 1 fully saturated rings. The molecule has 1 aliphatic rings. The SMILES string of the molecule is CC1C/C(=N/NSI)CCB1C#N. The Morgan fingerprint density at radius 3 is 3.15 bits per heavy atom. The lowest BCUT2D eigenvalue weighted by atomic mass is 9.37. The zero-order valence-corrected chi connectivity index (χ0v) is 10.4. The maximum atomic E-state index is 8.81. The van der Waals surface area contributed by atoms with Gasteiger partial charge in [0.15, 0.2) is 0 Å². The molecule has 70 valence electrons. The Kier molecular flexibility index (Phi) is 4.95. The second kappa shape index (κ2) is 5.76. The van der Waals surface area contributed by atoms with Crippen LogP contribution in [0.1, 0.15) is 19.8 Å². The fourth-order valence-electron chi connectivity index (χ4n) is 1.60. The standard InChI is InChI=1S/C7H11BIN3S/c1-6-4-7(11-12-13-9)2-3-8(6)5-10/h6,12H,2-4H2,1H3/b11-7+.